The first-order chi connectivity index (χ1) is 8.41. The van der Waals surface area contributed by atoms with Crippen LogP contribution in [0.3, 0.4) is 0 Å². The van der Waals surface area contributed by atoms with Gasteiger partial charge in [0.25, 0.3) is 5.91 Å². The van der Waals surface area contributed by atoms with Crippen LogP contribution in [-0.2, 0) is 4.79 Å². The van der Waals surface area contributed by atoms with Gasteiger partial charge < -0.3 is 15.8 Å². The molecule has 0 spiro atoms. The zero-order chi connectivity index (χ0) is 13.7. The fraction of sp³-hybridized carbons (Fsp3) is 0.462. The Kier molecular flexibility index (Phi) is 5.47. The van der Waals surface area contributed by atoms with E-state index in [9.17, 15) is 4.79 Å². The van der Waals surface area contributed by atoms with Gasteiger partial charge in [0.05, 0.1) is 4.47 Å². The Morgan fingerprint density at radius 3 is 2.72 bits per heavy atom. The van der Waals surface area contributed by atoms with Crippen molar-refractivity contribution >= 4 is 27.5 Å². The van der Waals surface area contributed by atoms with E-state index < -0.39 is 6.10 Å². The van der Waals surface area contributed by atoms with E-state index in [1.54, 1.807) is 25.1 Å². The number of halogens is 1. The van der Waals surface area contributed by atoms with Crippen molar-refractivity contribution < 1.29 is 9.53 Å². The fourth-order valence-electron chi connectivity index (χ4n) is 1.31. The molecule has 1 atom stereocenters. The van der Waals surface area contributed by atoms with Crippen molar-refractivity contribution in [3.8, 4) is 5.75 Å². The lowest BCUT2D eigenvalue weighted by atomic mass is 10.2. The third-order valence-electron chi connectivity index (χ3n) is 2.35. The molecule has 1 aromatic rings. The molecular weight excluding hydrogens is 296 g/mol. The molecule has 1 unspecified atom stereocenters. The highest BCUT2D eigenvalue weighted by Crippen LogP contribution is 2.30. The van der Waals surface area contributed by atoms with Crippen LogP contribution in [0.15, 0.2) is 22.7 Å². The maximum Gasteiger partial charge on any atom is 0.260 e. The molecule has 0 fully saturated rings. The third-order valence-corrected chi connectivity index (χ3v) is 3.20. The van der Waals surface area contributed by atoms with Crippen molar-refractivity contribution in [2.24, 2.45) is 5.92 Å². The number of rotatable bonds is 5. The first-order valence-corrected chi connectivity index (χ1v) is 6.69. The highest BCUT2D eigenvalue weighted by Gasteiger charge is 2.16. The number of nitrogens with one attached hydrogen (secondary N) is 1. The summed E-state index contributed by atoms with van der Waals surface area (Å²) in [7, 11) is 0. The molecule has 18 heavy (non-hydrogen) atoms. The van der Waals surface area contributed by atoms with E-state index in [4.69, 9.17) is 10.5 Å². The van der Waals surface area contributed by atoms with Crippen LogP contribution in [-0.4, -0.2) is 18.6 Å². The minimum Gasteiger partial charge on any atom is -0.480 e. The van der Waals surface area contributed by atoms with Gasteiger partial charge in [-0.05, 0) is 40.9 Å². The van der Waals surface area contributed by atoms with Gasteiger partial charge in [-0.25, -0.2) is 0 Å². The number of nitrogen functional groups attached to an aromatic ring is 1. The Morgan fingerprint density at radius 1 is 1.44 bits per heavy atom. The molecule has 5 heteroatoms. The number of amides is 1. The molecule has 0 aromatic heterocycles. The summed E-state index contributed by atoms with van der Waals surface area (Å²) in [4.78, 5) is 11.8. The zero-order valence-corrected chi connectivity index (χ0v) is 12.5. The van der Waals surface area contributed by atoms with Gasteiger partial charge in [0.15, 0.2) is 6.10 Å². The topological polar surface area (TPSA) is 64.3 Å². The molecule has 0 heterocycles. The van der Waals surface area contributed by atoms with Crippen LogP contribution in [0, 0.1) is 5.92 Å². The van der Waals surface area contributed by atoms with E-state index in [2.05, 4.69) is 21.2 Å². The van der Waals surface area contributed by atoms with Gasteiger partial charge >= 0.3 is 0 Å². The molecule has 0 aliphatic rings. The third kappa shape index (κ3) is 4.22. The Balaban J connectivity index is 2.61. The zero-order valence-electron chi connectivity index (χ0n) is 10.9. The van der Waals surface area contributed by atoms with Crippen LogP contribution in [0.5, 0.6) is 5.75 Å². The van der Waals surface area contributed by atoms with Gasteiger partial charge in [-0.3, -0.25) is 4.79 Å². The smallest absolute Gasteiger partial charge is 0.260 e. The van der Waals surface area contributed by atoms with Crippen molar-refractivity contribution in [1.29, 1.82) is 0 Å². The highest BCUT2D eigenvalue weighted by molar-refractivity contribution is 9.10. The van der Waals surface area contributed by atoms with Gasteiger partial charge in [0.2, 0.25) is 0 Å². The largest absolute Gasteiger partial charge is 0.480 e. The predicted molar refractivity (Wildman–Crippen MR) is 76.5 cm³/mol. The van der Waals surface area contributed by atoms with Crippen molar-refractivity contribution in [2.75, 3.05) is 12.3 Å². The normalized spacial score (nSPS) is 12.3. The predicted octanol–water partition coefficient (Wildman–Crippen LogP) is 2.57. The van der Waals surface area contributed by atoms with Gasteiger partial charge in [-0.15, -0.1) is 0 Å². The molecule has 0 saturated carbocycles. The van der Waals surface area contributed by atoms with Crippen LogP contribution in [0.2, 0.25) is 0 Å². The van der Waals surface area contributed by atoms with Crippen LogP contribution >= 0.6 is 15.9 Å². The molecule has 1 rings (SSSR count). The lowest BCUT2D eigenvalue weighted by molar-refractivity contribution is -0.127. The molecular formula is C13H19BrN2O2. The molecule has 100 valence electrons. The van der Waals surface area contributed by atoms with Crippen LogP contribution < -0.4 is 15.8 Å². The Morgan fingerprint density at radius 2 is 2.11 bits per heavy atom. The minimum atomic E-state index is -0.554. The van der Waals surface area contributed by atoms with E-state index >= 15 is 0 Å². The maximum atomic E-state index is 11.8. The van der Waals surface area contributed by atoms with E-state index in [1.807, 2.05) is 13.8 Å². The van der Waals surface area contributed by atoms with Gasteiger partial charge in [0.1, 0.15) is 5.75 Å². The molecule has 0 bridgehead atoms. The highest BCUT2D eigenvalue weighted by atomic mass is 79.9. The molecule has 1 aromatic carbocycles. The second kappa shape index (κ2) is 6.64. The van der Waals surface area contributed by atoms with E-state index in [1.165, 1.54) is 0 Å². The number of hydrogen-bond donors (Lipinski definition) is 2. The number of carbonyl (C=O) groups excluding carboxylic acids is 1. The Bertz CT molecular complexity index is 421. The Labute approximate surface area is 116 Å². The number of carbonyl (C=O) groups is 1. The van der Waals surface area contributed by atoms with Crippen molar-refractivity contribution in [2.45, 2.75) is 26.9 Å². The monoisotopic (exact) mass is 314 g/mol. The average Bonchev–Trinajstić information content (AvgIpc) is 2.31. The van der Waals surface area contributed by atoms with Gasteiger partial charge in [-0.1, -0.05) is 19.9 Å². The summed E-state index contributed by atoms with van der Waals surface area (Å²) in [6.45, 7) is 6.44. The van der Waals surface area contributed by atoms with Crippen LogP contribution in [0.1, 0.15) is 20.8 Å². The van der Waals surface area contributed by atoms with E-state index in [-0.39, 0.29) is 5.91 Å². The van der Waals surface area contributed by atoms with Gasteiger partial charge in [-0.2, -0.15) is 0 Å². The summed E-state index contributed by atoms with van der Waals surface area (Å²) in [5, 5.41) is 2.83. The summed E-state index contributed by atoms with van der Waals surface area (Å²) in [5.41, 5.74) is 6.33. The number of ether oxygens (including phenoxy) is 1. The SMILES string of the molecule is CC(C)CNC(=O)C(C)Oc1cccc(N)c1Br. The summed E-state index contributed by atoms with van der Waals surface area (Å²) in [6, 6.07) is 5.32. The summed E-state index contributed by atoms with van der Waals surface area (Å²) in [5.74, 6) is 0.862. The van der Waals surface area contributed by atoms with Crippen molar-refractivity contribution in [1.82, 2.24) is 5.32 Å². The second-order valence-corrected chi connectivity index (χ2v) is 5.35. The number of anilines is 1. The first-order valence-electron chi connectivity index (χ1n) is 5.90. The minimum absolute atomic E-state index is 0.127. The lowest BCUT2D eigenvalue weighted by Gasteiger charge is -2.17. The second-order valence-electron chi connectivity index (χ2n) is 4.56. The molecule has 1 amide bonds. The average molecular weight is 315 g/mol. The lowest BCUT2D eigenvalue weighted by Crippen LogP contribution is -2.38. The summed E-state index contributed by atoms with van der Waals surface area (Å²) < 4.78 is 6.26. The van der Waals surface area contributed by atoms with Crippen molar-refractivity contribution in [3.63, 3.8) is 0 Å². The maximum absolute atomic E-state index is 11.8. The molecule has 0 aliphatic carbocycles. The number of benzene rings is 1. The van der Waals surface area contributed by atoms with Crippen molar-refractivity contribution in [3.05, 3.63) is 22.7 Å². The first kappa shape index (κ1) is 14.8. The van der Waals surface area contributed by atoms with E-state index in [0.29, 0.717) is 28.4 Å². The fourth-order valence-corrected chi connectivity index (χ4v) is 1.67. The van der Waals surface area contributed by atoms with Crippen LogP contribution in [0.4, 0.5) is 5.69 Å². The van der Waals surface area contributed by atoms with Crippen LogP contribution in [0.25, 0.3) is 0 Å². The Hall–Kier alpha value is -1.23. The molecule has 4 nitrogen and oxygen atoms in total. The molecule has 0 radical (unpaired) electrons. The molecule has 3 N–H and O–H groups in total. The summed E-state index contributed by atoms with van der Waals surface area (Å²) in [6.07, 6.45) is -0.554. The summed E-state index contributed by atoms with van der Waals surface area (Å²) >= 11 is 3.34. The quantitative estimate of drug-likeness (QED) is 0.821. The molecule has 0 saturated heterocycles. The molecule has 0 aliphatic heterocycles. The number of nitrogens with two attached hydrogens (primary N) is 1. The standard InChI is InChI=1S/C13H19BrN2O2/c1-8(2)7-16-13(17)9(3)18-11-6-4-5-10(15)12(11)14/h4-6,8-9H,7,15H2,1-3H3,(H,16,17). The van der Waals surface area contributed by atoms with Gasteiger partial charge in [0, 0.05) is 12.2 Å². The van der Waals surface area contributed by atoms with E-state index in [0.717, 1.165) is 0 Å². The number of hydrogen-bond acceptors (Lipinski definition) is 3.